The van der Waals surface area contributed by atoms with Crippen molar-refractivity contribution in [1.29, 1.82) is 0 Å². The lowest BCUT2D eigenvalue weighted by Crippen LogP contribution is -2.69. The van der Waals surface area contributed by atoms with E-state index in [4.69, 9.17) is 18.9 Å². The van der Waals surface area contributed by atoms with Gasteiger partial charge in [-0.1, -0.05) is 60.7 Å². The number of hydrogen-bond acceptors (Lipinski definition) is 4. The first-order valence-electron chi connectivity index (χ1n) is 10.4. The van der Waals surface area contributed by atoms with Gasteiger partial charge in [-0.15, -0.1) is 0 Å². The summed E-state index contributed by atoms with van der Waals surface area (Å²) in [5.74, 6) is -1.80. The van der Waals surface area contributed by atoms with E-state index in [0.29, 0.717) is 39.6 Å². The van der Waals surface area contributed by atoms with Gasteiger partial charge in [-0.3, -0.25) is 0 Å². The molecule has 2 unspecified atom stereocenters. The van der Waals surface area contributed by atoms with Crippen LogP contribution < -0.4 is 0 Å². The van der Waals surface area contributed by atoms with Gasteiger partial charge < -0.3 is 18.9 Å². The molecular weight excluding hydrogens is 371 g/mol. The molecule has 0 bridgehead atoms. The van der Waals surface area contributed by atoms with Crippen LogP contribution in [0.5, 0.6) is 0 Å². The van der Waals surface area contributed by atoms with Gasteiger partial charge >= 0.3 is 0 Å². The topological polar surface area (TPSA) is 36.9 Å². The standard InChI is InChI=1S/C24H31FO4/c1-3-28-24(29-4-2)22(18-27-16-20-13-9-6-10-14-20)21(23(24)25)17-26-15-19-11-7-5-8-12-19/h5-14,21-23H,3-4,15-18H2,1-2H3/t21?,22?,23-/m0/s1. The fraction of sp³-hybridized carbons (Fsp3) is 0.500. The highest BCUT2D eigenvalue weighted by molar-refractivity contribution is 5.14. The van der Waals surface area contributed by atoms with Gasteiger partial charge in [-0.05, 0) is 25.0 Å². The molecule has 0 aliphatic heterocycles. The van der Waals surface area contributed by atoms with Crippen LogP contribution in [0.1, 0.15) is 25.0 Å². The van der Waals surface area contributed by atoms with Gasteiger partial charge in [0.05, 0.1) is 26.4 Å². The Morgan fingerprint density at radius 2 is 1.24 bits per heavy atom. The highest BCUT2D eigenvalue weighted by atomic mass is 19.1. The third kappa shape index (κ3) is 5.23. The highest BCUT2D eigenvalue weighted by Gasteiger charge is 2.65. The zero-order valence-electron chi connectivity index (χ0n) is 17.3. The number of ether oxygens (including phenoxy) is 4. The number of benzene rings is 2. The second-order valence-corrected chi connectivity index (χ2v) is 7.26. The predicted molar refractivity (Wildman–Crippen MR) is 110 cm³/mol. The fourth-order valence-corrected chi connectivity index (χ4v) is 3.96. The summed E-state index contributed by atoms with van der Waals surface area (Å²) in [6, 6.07) is 19.8. The van der Waals surface area contributed by atoms with Crippen LogP contribution in [0.4, 0.5) is 4.39 Å². The number of rotatable bonds is 12. The largest absolute Gasteiger partial charge is 0.376 e. The third-order valence-corrected chi connectivity index (χ3v) is 5.36. The van der Waals surface area contributed by atoms with E-state index in [1.54, 1.807) is 0 Å². The van der Waals surface area contributed by atoms with E-state index >= 15 is 4.39 Å². The quantitative estimate of drug-likeness (QED) is 0.479. The summed E-state index contributed by atoms with van der Waals surface area (Å²) in [5.41, 5.74) is 2.15. The first kappa shape index (κ1) is 21.9. The molecule has 1 aliphatic carbocycles. The van der Waals surface area contributed by atoms with E-state index in [1.807, 2.05) is 74.5 Å². The molecule has 3 atom stereocenters. The van der Waals surface area contributed by atoms with Crippen molar-refractivity contribution in [2.75, 3.05) is 26.4 Å². The van der Waals surface area contributed by atoms with E-state index in [9.17, 15) is 0 Å². The zero-order chi connectivity index (χ0) is 20.5. The summed E-state index contributed by atoms with van der Waals surface area (Å²) in [4.78, 5) is 0. The summed E-state index contributed by atoms with van der Waals surface area (Å²) < 4.78 is 38.6. The summed E-state index contributed by atoms with van der Waals surface area (Å²) >= 11 is 0. The van der Waals surface area contributed by atoms with Crippen LogP contribution >= 0.6 is 0 Å². The lowest BCUT2D eigenvalue weighted by Gasteiger charge is -2.55. The molecule has 2 aromatic rings. The molecule has 2 aromatic carbocycles. The Labute approximate surface area is 172 Å². The minimum Gasteiger partial charge on any atom is -0.376 e. The summed E-state index contributed by atoms with van der Waals surface area (Å²) in [6.45, 7) is 6.06. The maximum Gasteiger partial charge on any atom is 0.205 e. The minimum atomic E-state index is -1.25. The Kier molecular flexibility index (Phi) is 8.19. The molecule has 158 valence electrons. The van der Waals surface area contributed by atoms with Crippen LogP contribution in [-0.2, 0) is 32.2 Å². The van der Waals surface area contributed by atoms with Gasteiger partial charge in [0.1, 0.15) is 0 Å². The van der Waals surface area contributed by atoms with Crippen LogP contribution in [0.2, 0.25) is 0 Å². The molecule has 0 amide bonds. The average molecular weight is 403 g/mol. The van der Waals surface area contributed by atoms with Crippen LogP contribution in [0.3, 0.4) is 0 Å². The molecule has 0 saturated heterocycles. The van der Waals surface area contributed by atoms with Crippen molar-refractivity contribution in [2.24, 2.45) is 11.8 Å². The second kappa shape index (κ2) is 10.8. The second-order valence-electron chi connectivity index (χ2n) is 7.26. The lowest BCUT2D eigenvalue weighted by atomic mass is 9.66. The highest BCUT2D eigenvalue weighted by Crippen LogP contribution is 2.50. The smallest absolute Gasteiger partial charge is 0.205 e. The molecule has 3 rings (SSSR count). The van der Waals surface area contributed by atoms with Crippen molar-refractivity contribution in [3.05, 3.63) is 71.8 Å². The van der Waals surface area contributed by atoms with Gasteiger partial charge in [0.2, 0.25) is 5.79 Å². The Morgan fingerprint density at radius 3 is 1.72 bits per heavy atom. The molecule has 4 nitrogen and oxygen atoms in total. The molecular formula is C24H31FO4. The van der Waals surface area contributed by atoms with Gasteiger partial charge in [-0.25, -0.2) is 4.39 Å². The maximum atomic E-state index is 15.2. The normalized spacial score (nSPS) is 22.9. The van der Waals surface area contributed by atoms with Crippen LogP contribution in [0.15, 0.2) is 60.7 Å². The lowest BCUT2D eigenvalue weighted by molar-refractivity contribution is -0.376. The SMILES string of the molecule is CCOC1(OCC)C(COCc2ccccc2)C(COCc2ccccc2)[C@@H]1F. The fourth-order valence-electron chi connectivity index (χ4n) is 3.96. The molecule has 29 heavy (non-hydrogen) atoms. The van der Waals surface area contributed by atoms with Crippen LogP contribution in [-0.4, -0.2) is 38.4 Å². The van der Waals surface area contributed by atoms with E-state index < -0.39 is 12.0 Å². The maximum absolute atomic E-state index is 15.2. The Hall–Kier alpha value is -1.79. The van der Waals surface area contributed by atoms with Crippen molar-refractivity contribution >= 4 is 0 Å². The summed E-state index contributed by atoms with van der Waals surface area (Å²) in [6.07, 6.45) is -1.25. The number of hydrogen-bond donors (Lipinski definition) is 0. The van der Waals surface area contributed by atoms with Gasteiger partial charge in [0.25, 0.3) is 0 Å². The van der Waals surface area contributed by atoms with Crippen molar-refractivity contribution in [1.82, 2.24) is 0 Å². The molecule has 1 fully saturated rings. The molecule has 0 radical (unpaired) electrons. The molecule has 1 saturated carbocycles. The van der Waals surface area contributed by atoms with Gasteiger partial charge in [0, 0.05) is 25.0 Å². The number of halogens is 1. The Balaban J connectivity index is 1.61. The molecule has 0 aromatic heterocycles. The van der Waals surface area contributed by atoms with Crippen molar-refractivity contribution < 1.29 is 23.3 Å². The van der Waals surface area contributed by atoms with Crippen LogP contribution in [0, 0.1) is 11.8 Å². The summed E-state index contributed by atoms with van der Waals surface area (Å²) in [5, 5.41) is 0. The molecule has 5 heteroatoms. The Bertz CT molecular complexity index is 703. The van der Waals surface area contributed by atoms with E-state index in [1.165, 1.54) is 0 Å². The van der Waals surface area contributed by atoms with Crippen LogP contribution in [0.25, 0.3) is 0 Å². The van der Waals surface area contributed by atoms with Crippen molar-refractivity contribution in [3.63, 3.8) is 0 Å². The van der Waals surface area contributed by atoms with Gasteiger partial charge in [-0.2, -0.15) is 0 Å². The van der Waals surface area contributed by atoms with E-state index in [0.717, 1.165) is 11.1 Å². The minimum absolute atomic E-state index is 0.225. The van der Waals surface area contributed by atoms with Crippen molar-refractivity contribution in [2.45, 2.75) is 39.0 Å². The predicted octanol–water partition coefficient (Wildman–Crippen LogP) is 4.77. The summed E-state index contributed by atoms with van der Waals surface area (Å²) in [7, 11) is 0. The Morgan fingerprint density at radius 1 is 0.759 bits per heavy atom. The number of alkyl halides is 1. The van der Waals surface area contributed by atoms with E-state index in [2.05, 4.69) is 0 Å². The molecule has 0 spiro atoms. The molecule has 0 heterocycles. The van der Waals surface area contributed by atoms with Gasteiger partial charge in [0.15, 0.2) is 6.17 Å². The zero-order valence-corrected chi connectivity index (χ0v) is 17.3. The third-order valence-electron chi connectivity index (χ3n) is 5.36. The molecule has 0 N–H and O–H groups in total. The first-order valence-corrected chi connectivity index (χ1v) is 10.4. The molecule has 1 aliphatic rings. The monoisotopic (exact) mass is 402 g/mol. The average Bonchev–Trinajstić information content (AvgIpc) is 2.76. The van der Waals surface area contributed by atoms with Crippen molar-refractivity contribution in [3.8, 4) is 0 Å². The van der Waals surface area contributed by atoms with E-state index in [-0.39, 0.29) is 11.8 Å². The first-order chi connectivity index (χ1) is 14.2.